The van der Waals surface area contributed by atoms with Crippen molar-refractivity contribution in [1.29, 1.82) is 0 Å². The molecule has 1 fully saturated rings. The summed E-state index contributed by atoms with van der Waals surface area (Å²) in [6, 6.07) is 0.0471. The molecule has 0 saturated carbocycles. The Morgan fingerprint density at radius 1 is 1.41 bits per heavy atom. The van der Waals surface area contributed by atoms with E-state index in [1.807, 2.05) is 4.90 Å². The van der Waals surface area contributed by atoms with E-state index >= 15 is 0 Å². The van der Waals surface area contributed by atoms with Gasteiger partial charge in [0.05, 0.1) is 12.6 Å². The molecule has 0 bridgehead atoms. The maximum atomic E-state index is 12.0. The zero-order valence-electron chi connectivity index (χ0n) is 11.3. The molecular weight excluding hydrogens is 216 g/mol. The zero-order chi connectivity index (χ0) is 12.9. The van der Waals surface area contributed by atoms with Crippen LogP contribution in [0, 0.1) is 0 Å². The van der Waals surface area contributed by atoms with Crippen LogP contribution in [0.3, 0.4) is 0 Å². The number of likely N-dealkylation sites (tertiary alicyclic amines) is 1. The summed E-state index contributed by atoms with van der Waals surface area (Å²) in [5, 5.41) is 12.6. The molecule has 1 rings (SSSR count). The van der Waals surface area contributed by atoms with Crippen LogP contribution >= 0.6 is 0 Å². The Bertz CT molecular complexity index is 248. The summed E-state index contributed by atoms with van der Waals surface area (Å²) in [6.45, 7) is 7.88. The van der Waals surface area contributed by atoms with Gasteiger partial charge in [-0.3, -0.25) is 4.79 Å². The third kappa shape index (κ3) is 5.04. The van der Waals surface area contributed by atoms with Crippen molar-refractivity contribution >= 4 is 5.91 Å². The SMILES string of the molecule is CC(C)(C)NCCC(=O)N1CCCCC1CO. The van der Waals surface area contributed by atoms with Gasteiger partial charge in [0.15, 0.2) is 0 Å². The molecule has 0 spiro atoms. The lowest BCUT2D eigenvalue weighted by Crippen LogP contribution is -2.47. The number of rotatable bonds is 4. The van der Waals surface area contributed by atoms with Gasteiger partial charge in [-0.25, -0.2) is 0 Å². The Kier molecular flexibility index (Phi) is 5.40. The molecule has 0 aromatic heterocycles. The molecule has 1 amide bonds. The molecule has 2 N–H and O–H groups in total. The molecule has 4 heteroatoms. The molecule has 1 aliphatic rings. The van der Waals surface area contributed by atoms with Crippen LogP contribution in [-0.4, -0.2) is 47.2 Å². The molecular formula is C13H26N2O2. The summed E-state index contributed by atoms with van der Waals surface area (Å²) >= 11 is 0. The summed E-state index contributed by atoms with van der Waals surface area (Å²) in [4.78, 5) is 13.9. The largest absolute Gasteiger partial charge is 0.394 e. The van der Waals surface area contributed by atoms with E-state index in [1.165, 1.54) is 0 Å². The highest BCUT2D eigenvalue weighted by atomic mass is 16.3. The fraction of sp³-hybridized carbons (Fsp3) is 0.923. The van der Waals surface area contributed by atoms with Crippen molar-refractivity contribution in [2.75, 3.05) is 19.7 Å². The fourth-order valence-corrected chi connectivity index (χ4v) is 2.21. The first-order valence-corrected chi connectivity index (χ1v) is 6.59. The highest BCUT2D eigenvalue weighted by molar-refractivity contribution is 5.76. The summed E-state index contributed by atoms with van der Waals surface area (Å²) in [6.07, 6.45) is 3.65. The summed E-state index contributed by atoms with van der Waals surface area (Å²) in [5.41, 5.74) is 0.0541. The lowest BCUT2D eigenvalue weighted by Gasteiger charge is -2.35. The predicted molar refractivity (Wildman–Crippen MR) is 68.8 cm³/mol. The minimum Gasteiger partial charge on any atom is -0.394 e. The van der Waals surface area contributed by atoms with E-state index in [-0.39, 0.29) is 24.1 Å². The van der Waals surface area contributed by atoms with E-state index in [4.69, 9.17) is 0 Å². The summed E-state index contributed by atoms with van der Waals surface area (Å²) < 4.78 is 0. The number of nitrogens with zero attached hydrogens (tertiary/aromatic N) is 1. The van der Waals surface area contributed by atoms with Crippen LogP contribution < -0.4 is 5.32 Å². The monoisotopic (exact) mass is 242 g/mol. The first-order valence-electron chi connectivity index (χ1n) is 6.59. The lowest BCUT2D eigenvalue weighted by atomic mass is 10.0. The molecule has 0 aromatic rings. The van der Waals surface area contributed by atoms with Crippen LogP contribution in [0.2, 0.25) is 0 Å². The molecule has 1 saturated heterocycles. The third-order valence-corrected chi connectivity index (χ3v) is 3.15. The van der Waals surface area contributed by atoms with Gasteiger partial charge in [-0.1, -0.05) is 0 Å². The molecule has 4 nitrogen and oxygen atoms in total. The van der Waals surface area contributed by atoms with Crippen LogP contribution in [0.4, 0.5) is 0 Å². The van der Waals surface area contributed by atoms with Gasteiger partial charge in [-0.05, 0) is 40.0 Å². The lowest BCUT2D eigenvalue weighted by molar-refractivity contribution is -0.135. The Labute approximate surface area is 104 Å². The molecule has 0 aliphatic carbocycles. The van der Waals surface area contributed by atoms with Gasteiger partial charge in [-0.15, -0.1) is 0 Å². The van der Waals surface area contributed by atoms with Crippen molar-refractivity contribution in [2.24, 2.45) is 0 Å². The van der Waals surface area contributed by atoms with Gasteiger partial charge in [-0.2, -0.15) is 0 Å². The summed E-state index contributed by atoms with van der Waals surface area (Å²) in [5.74, 6) is 0.167. The van der Waals surface area contributed by atoms with Crippen molar-refractivity contribution in [3.05, 3.63) is 0 Å². The molecule has 1 aliphatic heterocycles. The molecule has 1 unspecified atom stereocenters. The average Bonchev–Trinajstić information content (AvgIpc) is 2.27. The Morgan fingerprint density at radius 3 is 2.71 bits per heavy atom. The van der Waals surface area contributed by atoms with E-state index in [2.05, 4.69) is 26.1 Å². The van der Waals surface area contributed by atoms with Gasteiger partial charge in [0.25, 0.3) is 0 Å². The third-order valence-electron chi connectivity index (χ3n) is 3.15. The number of nitrogens with one attached hydrogen (secondary N) is 1. The second-order valence-corrected chi connectivity index (χ2v) is 5.85. The Balaban J connectivity index is 2.35. The first kappa shape index (κ1) is 14.5. The molecule has 1 atom stereocenters. The number of carbonyl (C=O) groups is 1. The van der Waals surface area contributed by atoms with Gasteiger partial charge in [0.1, 0.15) is 0 Å². The zero-order valence-corrected chi connectivity index (χ0v) is 11.3. The number of piperidine rings is 1. The molecule has 0 radical (unpaired) electrons. The molecule has 100 valence electrons. The van der Waals surface area contributed by atoms with Crippen LogP contribution in [-0.2, 0) is 4.79 Å². The minimum atomic E-state index is 0.0471. The van der Waals surface area contributed by atoms with Crippen molar-refractivity contribution < 1.29 is 9.90 Å². The average molecular weight is 242 g/mol. The maximum Gasteiger partial charge on any atom is 0.224 e. The number of carbonyl (C=O) groups excluding carboxylic acids is 1. The molecule has 17 heavy (non-hydrogen) atoms. The molecule has 1 heterocycles. The van der Waals surface area contributed by atoms with Crippen LogP contribution in [0.1, 0.15) is 46.5 Å². The highest BCUT2D eigenvalue weighted by Crippen LogP contribution is 2.17. The Hall–Kier alpha value is -0.610. The van der Waals surface area contributed by atoms with Gasteiger partial charge in [0.2, 0.25) is 5.91 Å². The predicted octanol–water partition coefficient (Wildman–Crippen LogP) is 1.14. The van der Waals surface area contributed by atoms with E-state index in [1.54, 1.807) is 0 Å². The van der Waals surface area contributed by atoms with Crippen LogP contribution in [0.15, 0.2) is 0 Å². The van der Waals surface area contributed by atoms with Gasteiger partial charge in [0, 0.05) is 25.0 Å². The second-order valence-electron chi connectivity index (χ2n) is 5.85. The van der Waals surface area contributed by atoms with Gasteiger partial charge >= 0.3 is 0 Å². The van der Waals surface area contributed by atoms with Crippen molar-refractivity contribution in [1.82, 2.24) is 10.2 Å². The quantitative estimate of drug-likeness (QED) is 0.777. The fourth-order valence-electron chi connectivity index (χ4n) is 2.21. The normalized spacial score (nSPS) is 21.6. The van der Waals surface area contributed by atoms with Crippen molar-refractivity contribution in [3.8, 4) is 0 Å². The van der Waals surface area contributed by atoms with Gasteiger partial charge < -0.3 is 15.3 Å². The first-order chi connectivity index (χ1) is 7.94. The van der Waals surface area contributed by atoms with E-state index < -0.39 is 0 Å². The van der Waals surface area contributed by atoms with Crippen molar-refractivity contribution in [2.45, 2.75) is 58.0 Å². The van der Waals surface area contributed by atoms with E-state index in [9.17, 15) is 9.90 Å². The van der Waals surface area contributed by atoms with Crippen LogP contribution in [0.5, 0.6) is 0 Å². The second kappa shape index (κ2) is 6.36. The minimum absolute atomic E-state index is 0.0471. The number of hydrogen-bond donors (Lipinski definition) is 2. The number of aliphatic hydroxyl groups excluding tert-OH is 1. The Morgan fingerprint density at radius 2 is 2.12 bits per heavy atom. The topological polar surface area (TPSA) is 52.6 Å². The number of hydrogen-bond acceptors (Lipinski definition) is 3. The smallest absolute Gasteiger partial charge is 0.224 e. The number of aliphatic hydroxyl groups is 1. The van der Waals surface area contributed by atoms with E-state index in [0.717, 1.165) is 25.8 Å². The summed E-state index contributed by atoms with van der Waals surface area (Å²) in [7, 11) is 0. The van der Waals surface area contributed by atoms with E-state index in [0.29, 0.717) is 13.0 Å². The maximum absolute atomic E-state index is 12.0. The number of amides is 1. The van der Waals surface area contributed by atoms with Crippen molar-refractivity contribution in [3.63, 3.8) is 0 Å². The van der Waals surface area contributed by atoms with Crippen LogP contribution in [0.25, 0.3) is 0 Å². The highest BCUT2D eigenvalue weighted by Gasteiger charge is 2.25. The molecule has 0 aromatic carbocycles. The standard InChI is InChI=1S/C13H26N2O2/c1-13(2,3)14-8-7-12(17)15-9-5-4-6-11(15)10-16/h11,14,16H,4-10H2,1-3H3.